The first-order chi connectivity index (χ1) is 9.31. The molecule has 0 radical (unpaired) electrons. The van der Waals surface area contributed by atoms with E-state index in [0.29, 0.717) is 5.92 Å². The molecule has 3 unspecified atom stereocenters. The summed E-state index contributed by atoms with van der Waals surface area (Å²) in [5, 5.41) is 0. The van der Waals surface area contributed by atoms with E-state index in [4.69, 9.17) is 10.6 Å². The molecule has 3 nitrogen and oxygen atoms in total. The molecule has 1 heterocycles. The second-order valence-corrected chi connectivity index (χ2v) is 6.00. The highest BCUT2D eigenvalue weighted by atomic mass is 16.5. The van der Waals surface area contributed by atoms with E-state index in [1.807, 2.05) is 0 Å². The van der Waals surface area contributed by atoms with Gasteiger partial charge in [0.1, 0.15) is 0 Å². The van der Waals surface area contributed by atoms with Crippen molar-refractivity contribution in [2.75, 3.05) is 6.61 Å². The lowest BCUT2D eigenvalue weighted by Crippen LogP contribution is -2.39. The lowest BCUT2D eigenvalue weighted by Gasteiger charge is -2.33. The molecule has 0 amide bonds. The Kier molecular flexibility index (Phi) is 3.87. The topological polar surface area (TPSA) is 47.3 Å². The molecule has 1 aromatic rings. The first-order valence-electron chi connectivity index (χ1n) is 7.48. The summed E-state index contributed by atoms with van der Waals surface area (Å²) in [5.41, 5.74) is 5.82. The van der Waals surface area contributed by atoms with E-state index in [1.54, 1.807) is 0 Å². The standard InChI is InChI=1S/C16H24N2O/c1-11-9-10-19-16(11)15(18-17)14-8-3-2-7-13(14)12-5-4-6-12/h2-3,7-8,11-12,15-16,18H,4-6,9-10,17H2,1H3. The number of nitrogens with two attached hydrogens (primary N) is 1. The lowest BCUT2D eigenvalue weighted by molar-refractivity contribution is 0.0602. The Labute approximate surface area is 115 Å². The highest BCUT2D eigenvalue weighted by Crippen LogP contribution is 2.41. The molecule has 3 N–H and O–H groups in total. The number of ether oxygens (including phenoxy) is 1. The largest absolute Gasteiger partial charge is 0.376 e. The maximum atomic E-state index is 5.92. The average Bonchev–Trinajstić information content (AvgIpc) is 2.77. The highest BCUT2D eigenvalue weighted by Gasteiger charge is 2.35. The summed E-state index contributed by atoms with van der Waals surface area (Å²) in [6, 6.07) is 8.86. The molecule has 2 fully saturated rings. The van der Waals surface area contributed by atoms with Crippen LogP contribution in [0.15, 0.2) is 24.3 Å². The van der Waals surface area contributed by atoms with Crippen LogP contribution in [0.3, 0.4) is 0 Å². The Hall–Kier alpha value is -0.900. The fourth-order valence-corrected chi connectivity index (χ4v) is 3.39. The minimum absolute atomic E-state index is 0.120. The van der Waals surface area contributed by atoms with Gasteiger partial charge in [-0.25, -0.2) is 0 Å². The molecule has 1 aromatic carbocycles. The molecule has 0 bridgehead atoms. The normalized spacial score (nSPS) is 29.2. The molecule has 1 saturated heterocycles. The zero-order valence-electron chi connectivity index (χ0n) is 11.6. The van der Waals surface area contributed by atoms with E-state index in [1.165, 1.54) is 30.4 Å². The quantitative estimate of drug-likeness (QED) is 0.646. The van der Waals surface area contributed by atoms with Crippen molar-refractivity contribution in [3.8, 4) is 0 Å². The van der Waals surface area contributed by atoms with Gasteiger partial charge in [0, 0.05) is 6.61 Å². The summed E-state index contributed by atoms with van der Waals surface area (Å²) in [5.74, 6) is 7.14. The Morgan fingerprint density at radius 1 is 1.26 bits per heavy atom. The van der Waals surface area contributed by atoms with Crippen molar-refractivity contribution in [2.45, 2.75) is 50.7 Å². The number of hydrazine groups is 1. The first kappa shape index (κ1) is 13.1. The molecule has 1 aliphatic heterocycles. The number of nitrogens with one attached hydrogen (secondary N) is 1. The van der Waals surface area contributed by atoms with Crippen LogP contribution < -0.4 is 11.3 Å². The van der Waals surface area contributed by atoms with E-state index >= 15 is 0 Å². The summed E-state index contributed by atoms with van der Waals surface area (Å²) in [7, 11) is 0. The Morgan fingerprint density at radius 2 is 2.05 bits per heavy atom. The second-order valence-electron chi connectivity index (χ2n) is 6.00. The summed E-state index contributed by atoms with van der Waals surface area (Å²) in [6.07, 6.45) is 5.32. The predicted molar refractivity (Wildman–Crippen MR) is 76.6 cm³/mol. The van der Waals surface area contributed by atoms with Crippen LogP contribution in [-0.2, 0) is 4.74 Å². The van der Waals surface area contributed by atoms with Crippen molar-refractivity contribution in [2.24, 2.45) is 11.8 Å². The molecule has 1 aliphatic carbocycles. The van der Waals surface area contributed by atoms with Crippen molar-refractivity contribution in [1.29, 1.82) is 0 Å². The molecular formula is C16H24N2O. The van der Waals surface area contributed by atoms with Gasteiger partial charge in [-0.3, -0.25) is 11.3 Å². The van der Waals surface area contributed by atoms with Crippen LogP contribution in [0.2, 0.25) is 0 Å². The molecule has 3 heteroatoms. The molecule has 0 aromatic heterocycles. The van der Waals surface area contributed by atoms with Gasteiger partial charge in [-0.15, -0.1) is 0 Å². The fraction of sp³-hybridized carbons (Fsp3) is 0.625. The maximum Gasteiger partial charge on any atom is 0.0809 e. The molecule has 3 rings (SSSR count). The Balaban J connectivity index is 1.90. The van der Waals surface area contributed by atoms with E-state index in [2.05, 4.69) is 36.6 Å². The second kappa shape index (κ2) is 5.61. The molecule has 19 heavy (non-hydrogen) atoms. The first-order valence-corrected chi connectivity index (χ1v) is 7.48. The highest BCUT2D eigenvalue weighted by molar-refractivity contribution is 5.35. The maximum absolute atomic E-state index is 5.92. The van der Waals surface area contributed by atoms with E-state index in [9.17, 15) is 0 Å². The van der Waals surface area contributed by atoms with Gasteiger partial charge in [0.2, 0.25) is 0 Å². The van der Waals surface area contributed by atoms with Crippen LogP contribution in [0.5, 0.6) is 0 Å². The molecule has 1 saturated carbocycles. The Bertz CT molecular complexity index is 431. The smallest absolute Gasteiger partial charge is 0.0809 e. The third-order valence-corrected chi connectivity index (χ3v) is 4.83. The number of rotatable bonds is 4. The van der Waals surface area contributed by atoms with Crippen molar-refractivity contribution in [1.82, 2.24) is 5.43 Å². The van der Waals surface area contributed by atoms with Gasteiger partial charge in [-0.2, -0.15) is 0 Å². The van der Waals surface area contributed by atoms with E-state index in [0.717, 1.165) is 18.9 Å². The predicted octanol–water partition coefficient (Wildman–Crippen LogP) is 2.88. The number of benzene rings is 1. The van der Waals surface area contributed by atoms with Crippen LogP contribution in [0.4, 0.5) is 0 Å². The van der Waals surface area contributed by atoms with Crippen molar-refractivity contribution in [3.63, 3.8) is 0 Å². The average molecular weight is 260 g/mol. The van der Waals surface area contributed by atoms with Crippen LogP contribution in [0.25, 0.3) is 0 Å². The monoisotopic (exact) mass is 260 g/mol. The minimum Gasteiger partial charge on any atom is -0.376 e. The Morgan fingerprint density at radius 3 is 2.63 bits per heavy atom. The van der Waals surface area contributed by atoms with E-state index < -0.39 is 0 Å². The van der Waals surface area contributed by atoms with Gasteiger partial charge >= 0.3 is 0 Å². The minimum atomic E-state index is 0.120. The molecule has 0 spiro atoms. The van der Waals surface area contributed by atoms with Crippen LogP contribution in [0, 0.1) is 5.92 Å². The third-order valence-electron chi connectivity index (χ3n) is 4.83. The molecule has 2 aliphatic rings. The van der Waals surface area contributed by atoms with Gasteiger partial charge < -0.3 is 4.74 Å². The van der Waals surface area contributed by atoms with Gasteiger partial charge in [-0.1, -0.05) is 37.6 Å². The van der Waals surface area contributed by atoms with Gasteiger partial charge in [0.25, 0.3) is 0 Å². The lowest BCUT2D eigenvalue weighted by atomic mass is 9.76. The molecular weight excluding hydrogens is 236 g/mol. The van der Waals surface area contributed by atoms with Crippen LogP contribution >= 0.6 is 0 Å². The fourth-order valence-electron chi connectivity index (χ4n) is 3.39. The summed E-state index contributed by atoms with van der Waals surface area (Å²) in [4.78, 5) is 0. The SMILES string of the molecule is CC1CCOC1C(NN)c1ccccc1C1CCC1. The number of hydrogen-bond acceptors (Lipinski definition) is 3. The molecule has 3 atom stereocenters. The van der Waals surface area contributed by atoms with Crippen molar-refractivity contribution >= 4 is 0 Å². The van der Waals surface area contributed by atoms with Crippen molar-refractivity contribution < 1.29 is 4.74 Å². The summed E-state index contributed by atoms with van der Waals surface area (Å²) < 4.78 is 5.92. The zero-order valence-corrected chi connectivity index (χ0v) is 11.6. The van der Waals surface area contributed by atoms with Gasteiger partial charge in [0.05, 0.1) is 12.1 Å². The zero-order chi connectivity index (χ0) is 13.2. The summed E-state index contributed by atoms with van der Waals surface area (Å²) in [6.45, 7) is 3.11. The van der Waals surface area contributed by atoms with Gasteiger partial charge in [0.15, 0.2) is 0 Å². The molecule has 104 valence electrons. The van der Waals surface area contributed by atoms with Gasteiger partial charge in [-0.05, 0) is 42.2 Å². The van der Waals surface area contributed by atoms with E-state index in [-0.39, 0.29) is 12.1 Å². The summed E-state index contributed by atoms with van der Waals surface area (Å²) >= 11 is 0. The van der Waals surface area contributed by atoms with Crippen LogP contribution in [0.1, 0.15) is 55.7 Å². The third kappa shape index (κ3) is 2.42. The number of hydrogen-bond donors (Lipinski definition) is 2. The van der Waals surface area contributed by atoms with Crippen LogP contribution in [-0.4, -0.2) is 12.7 Å². The van der Waals surface area contributed by atoms with Crippen molar-refractivity contribution in [3.05, 3.63) is 35.4 Å².